The van der Waals surface area contributed by atoms with Crippen molar-refractivity contribution in [2.24, 2.45) is 11.1 Å². The molecule has 7 heteroatoms. The number of carbonyl (C=O) groups excluding carboxylic acids is 1. The number of sulfonamides is 1. The third-order valence-corrected chi connectivity index (χ3v) is 6.55. The van der Waals surface area contributed by atoms with Crippen molar-refractivity contribution in [3.05, 3.63) is 17.0 Å². The fraction of sp³-hybridized carbons (Fsp3) is 0.688. The van der Waals surface area contributed by atoms with Crippen LogP contribution in [0.25, 0.3) is 0 Å². The van der Waals surface area contributed by atoms with Gasteiger partial charge in [0.1, 0.15) is 10.6 Å². The predicted molar refractivity (Wildman–Crippen MR) is 87.7 cm³/mol. The second kappa shape index (κ2) is 5.94. The Bertz CT molecular complexity index is 717. The van der Waals surface area contributed by atoms with Crippen LogP contribution in [-0.4, -0.2) is 36.8 Å². The van der Waals surface area contributed by atoms with Crippen LogP contribution in [0.1, 0.15) is 60.3 Å². The second-order valence-corrected chi connectivity index (χ2v) is 8.38. The predicted octanol–water partition coefficient (Wildman–Crippen LogP) is 2.07. The van der Waals surface area contributed by atoms with Gasteiger partial charge >= 0.3 is 0 Å². The van der Waals surface area contributed by atoms with Gasteiger partial charge in [0.25, 0.3) is 5.91 Å². The third-order valence-electron chi connectivity index (χ3n) is 5.37. The monoisotopic (exact) mass is 339 g/mol. The number of nitrogens with two attached hydrogens (primary N) is 1. The zero-order valence-electron chi connectivity index (χ0n) is 13.8. The Balaban J connectivity index is 1.91. The van der Waals surface area contributed by atoms with Crippen molar-refractivity contribution in [3.63, 3.8) is 0 Å². The molecule has 1 atom stereocenters. The highest BCUT2D eigenvalue weighted by atomic mass is 32.2. The number of carbonyl (C=O) groups is 1. The minimum atomic E-state index is -3.83. The van der Waals surface area contributed by atoms with Gasteiger partial charge < -0.3 is 9.88 Å². The maximum Gasteiger partial charge on any atom is 0.270 e. The van der Waals surface area contributed by atoms with E-state index in [4.69, 9.17) is 5.14 Å². The van der Waals surface area contributed by atoms with E-state index in [1.807, 2.05) is 4.90 Å². The van der Waals surface area contributed by atoms with Crippen molar-refractivity contribution in [3.8, 4) is 0 Å². The molecule has 1 aliphatic heterocycles. The van der Waals surface area contributed by atoms with Gasteiger partial charge in [-0.05, 0) is 51.0 Å². The molecular formula is C16H25N3O3S. The van der Waals surface area contributed by atoms with Gasteiger partial charge in [0.15, 0.2) is 0 Å². The smallest absolute Gasteiger partial charge is 0.270 e. The van der Waals surface area contributed by atoms with E-state index in [1.165, 1.54) is 25.7 Å². The summed E-state index contributed by atoms with van der Waals surface area (Å²) in [4.78, 5) is 17.9. The number of hydrogen-bond acceptors (Lipinski definition) is 3. The summed E-state index contributed by atoms with van der Waals surface area (Å²) in [7, 11) is -3.83. The summed E-state index contributed by atoms with van der Waals surface area (Å²) in [5, 5.41) is 5.28. The minimum absolute atomic E-state index is 0.0532. The Morgan fingerprint density at radius 3 is 2.39 bits per heavy atom. The molecule has 1 amide bonds. The van der Waals surface area contributed by atoms with Crippen molar-refractivity contribution < 1.29 is 13.2 Å². The SMILES string of the molecule is Cc1[nH]c(C(=O)N2CCC[C@@H]2C2CCCC2)c(C)c1S(N)(=O)=O. The first kappa shape index (κ1) is 16.5. The lowest BCUT2D eigenvalue weighted by molar-refractivity contribution is 0.0683. The highest BCUT2D eigenvalue weighted by molar-refractivity contribution is 7.89. The first-order valence-electron chi connectivity index (χ1n) is 8.33. The number of aryl methyl sites for hydroxylation is 1. The Hall–Kier alpha value is -1.34. The first-order valence-corrected chi connectivity index (χ1v) is 9.88. The Labute approximate surface area is 137 Å². The van der Waals surface area contributed by atoms with Crippen molar-refractivity contribution in [2.75, 3.05) is 6.54 Å². The van der Waals surface area contributed by atoms with Gasteiger partial charge in [0, 0.05) is 18.3 Å². The van der Waals surface area contributed by atoms with Crippen molar-refractivity contribution >= 4 is 15.9 Å². The molecule has 2 heterocycles. The van der Waals surface area contributed by atoms with E-state index >= 15 is 0 Å². The standard InChI is InChI=1S/C16H25N3O3S/c1-10-14(18-11(2)15(10)23(17,21)22)16(20)19-9-5-8-13(19)12-6-3-4-7-12/h12-13,18H,3-9H2,1-2H3,(H2,17,21,22)/t13-/m1/s1. The summed E-state index contributed by atoms with van der Waals surface area (Å²) >= 11 is 0. The minimum Gasteiger partial charge on any atom is -0.353 e. The van der Waals surface area contributed by atoms with Crippen molar-refractivity contribution in [2.45, 2.75) is 63.3 Å². The zero-order valence-corrected chi connectivity index (χ0v) is 14.6. The van der Waals surface area contributed by atoms with Crippen LogP contribution in [0.15, 0.2) is 4.90 Å². The maximum atomic E-state index is 13.0. The molecule has 2 fully saturated rings. The maximum absolute atomic E-state index is 13.0. The lowest BCUT2D eigenvalue weighted by Crippen LogP contribution is -2.39. The first-order chi connectivity index (χ1) is 10.8. The summed E-state index contributed by atoms with van der Waals surface area (Å²) in [5.74, 6) is 0.505. The van der Waals surface area contributed by atoms with Crippen LogP contribution in [0.5, 0.6) is 0 Å². The van der Waals surface area contributed by atoms with E-state index in [9.17, 15) is 13.2 Å². The lowest BCUT2D eigenvalue weighted by Gasteiger charge is -2.29. The van der Waals surface area contributed by atoms with Gasteiger partial charge in [-0.25, -0.2) is 13.6 Å². The number of nitrogens with zero attached hydrogens (tertiary/aromatic N) is 1. The fourth-order valence-corrected chi connectivity index (χ4v) is 5.40. The molecule has 0 spiro atoms. The molecule has 1 aromatic rings. The number of hydrogen-bond donors (Lipinski definition) is 2. The number of nitrogens with one attached hydrogen (secondary N) is 1. The fourth-order valence-electron chi connectivity index (χ4n) is 4.39. The van der Waals surface area contributed by atoms with Crippen LogP contribution >= 0.6 is 0 Å². The normalized spacial score (nSPS) is 22.9. The van der Waals surface area contributed by atoms with Gasteiger partial charge in [-0.1, -0.05) is 12.8 Å². The molecule has 2 aliphatic rings. The Kier molecular flexibility index (Phi) is 4.27. The Morgan fingerprint density at radius 1 is 1.17 bits per heavy atom. The second-order valence-electron chi connectivity index (χ2n) is 6.88. The average molecular weight is 339 g/mol. The van der Waals surface area contributed by atoms with Crippen LogP contribution in [0.4, 0.5) is 0 Å². The van der Waals surface area contributed by atoms with E-state index in [-0.39, 0.29) is 10.8 Å². The summed E-state index contributed by atoms with van der Waals surface area (Å²) in [6, 6.07) is 0.297. The number of rotatable bonds is 3. The molecule has 6 nitrogen and oxygen atoms in total. The van der Waals surface area contributed by atoms with E-state index in [2.05, 4.69) is 4.98 Å². The van der Waals surface area contributed by atoms with Crippen LogP contribution in [0.3, 0.4) is 0 Å². The number of primary sulfonamides is 1. The van der Waals surface area contributed by atoms with Gasteiger partial charge in [0.2, 0.25) is 10.0 Å². The number of aromatic nitrogens is 1. The summed E-state index contributed by atoms with van der Waals surface area (Å²) < 4.78 is 23.5. The highest BCUT2D eigenvalue weighted by Gasteiger charge is 2.37. The molecule has 1 saturated heterocycles. The van der Waals surface area contributed by atoms with E-state index in [0.717, 1.165) is 19.4 Å². The average Bonchev–Trinajstić information content (AvgIpc) is 3.14. The van der Waals surface area contributed by atoms with Crippen LogP contribution in [0.2, 0.25) is 0 Å². The number of H-pyrrole nitrogens is 1. The van der Waals surface area contributed by atoms with Gasteiger partial charge in [-0.15, -0.1) is 0 Å². The molecule has 1 aromatic heterocycles. The summed E-state index contributed by atoms with van der Waals surface area (Å²) in [5.41, 5.74) is 1.24. The van der Waals surface area contributed by atoms with Gasteiger partial charge in [-0.3, -0.25) is 4.79 Å². The molecule has 23 heavy (non-hydrogen) atoms. The largest absolute Gasteiger partial charge is 0.353 e. The van der Waals surface area contributed by atoms with Crippen molar-refractivity contribution in [1.29, 1.82) is 0 Å². The molecule has 3 rings (SSSR count). The van der Waals surface area contributed by atoms with Crippen LogP contribution in [0, 0.1) is 19.8 Å². The molecular weight excluding hydrogens is 314 g/mol. The molecule has 1 saturated carbocycles. The topological polar surface area (TPSA) is 96.3 Å². The number of amides is 1. The van der Waals surface area contributed by atoms with Crippen LogP contribution in [-0.2, 0) is 10.0 Å². The van der Waals surface area contributed by atoms with E-state index in [1.54, 1.807) is 13.8 Å². The quantitative estimate of drug-likeness (QED) is 0.882. The number of aromatic amines is 1. The molecule has 0 aromatic carbocycles. The van der Waals surface area contributed by atoms with E-state index < -0.39 is 10.0 Å². The molecule has 0 bridgehead atoms. The molecule has 128 valence electrons. The van der Waals surface area contributed by atoms with Gasteiger partial charge in [-0.2, -0.15) is 0 Å². The van der Waals surface area contributed by atoms with Gasteiger partial charge in [0.05, 0.1) is 0 Å². The summed E-state index contributed by atoms with van der Waals surface area (Å²) in [6.07, 6.45) is 6.96. The highest BCUT2D eigenvalue weighted by Crippen LogP contribution is 2.36. The number of likely N-dealkylation sites (tertiary alicyclic amines) is 1. The van der Waals surface area contributed by atoms with Crippen molar-refractivity contribution in [1.82, 2.24) is 9.88 Å². The summed E-state index contributed by atoms with van der Waals surface area (Å²) in [6.45, 7) is 4.04. The lowest BCUT2D eigenvalue weighted by atomic mass is 9.96. The molecule has 0 unspecified atom stereocenters. The zero-order chi connectivity index (χ0) is 16.8. The molecule has 0 radical (unpaired) electrons. The molecule has 1 aliphatic carbocycles. The third kappa shape index (κ3) is 2.92. The van der Waals surface area contributed by atoms with Crippen LogP contribution < -0.4 is 5.14 Å². The molecule has 3 N–H and O–H groups in total. The van der Waals surface area contributed by atoms with E-state index in [0.29, 0.717) is 28.9 Å². The Morgan fingerprint density at radius 2 is 1.83 bits per heavy atom.